The summed E-state index contributed by atoms with van der Waals surface area (Å²) in [5.74, 6) is 5.48. The summed E-state index contributed by atoms with van der Waals surface area (Å²) in [5, 5.41) is 16.9. The van der Waals surface area contributed by atoms with Crippen molar-refractivity contribution in [1.29, 1.82) is 0 Å². The first-order chi connectivity index (χ1) is 30.3. The number of aliphatic carboxylic acids is 1. The fourth-order valence-corrected chi connectivity index (χ4v) is 18.2. The molecule has 5 fully saturated rings. The molecule has 4 saturated carbocycles. The fraction of sp³-hybridized carbons (Fsp3) is 0.709. The van der Waals surface area contributed by atoms with Gasteiger partial charge in [-0.3, -0.25) is 9.00 Å². The molecule has 9 heteroatoms. The Morgan fingerprint density at radius 3 is 2.44 bits per heavy atom. The minimum absolute atomic E-state index is 0.00430. The number of fused-ring (bicyclic) bond motifs is 8. The van der Waals surface area contributed by atoms with E-state index in [1.807, 2.05) is 30.5 Å². The summed E-state index contributed by atoms with van der Waals surface area (Å²) in [5.41, 5.74) is 4.16. The molecule has 1 saturated heterocycles. The third-order valence-corrected chi connectivity index (χ3v) is 22.6. The first-order valence-corrected chi connectivity index (χ1v) is 27.7. The zero-order chi connectivity index (χ0) is 45.5. The van der Waals surface area contributed by atoms with E-state index in [0.29, 0.717) is 53.6 Å². The van der Waals surface area contributed by atoms with Crippen LogP contribution in [0.15, 0.2) is 65.9 Å². The third-order valence-electron chi connectivity index (χ3n) is 20.3. The molecule has 352 valence electrons. The van der Waals surface area contributed by atoms with Crippen molar-refractivity contribution in [2.45, 2.75) is 131 Å². The van der Waals surface area contributed by atoms with Gasteiger partial charge < -0.3 is 24.8 Å². The quantitative estimate of drug-likeness (QED) is 0.143. The SMILES string of the molecule is C=C(C)C[C@@H]1CC[C@]2(NCCN3CC[SH](C)(=O)CC3)CC[C@]3(C)[C@H](CCC4[C@@]5(C)CC=C(C6=CCC(COc7nccc8ccc(OC)cc78)(C(=O)O)CC6)C(C)(C)C5CC[C@]43C)C12. The smallest absolute Gasteiger partial charge is 0.313 e. The van der Waals surface area contributed by atoms with E-state index in [9.17, 15) is 14.1 Å². The van der Waals surface area contributed by atoms with E-state index in [1.165, 1.54) is 68.1 Å². The van der Waals surface area contributed by atoms with Crippen molar-refractivity contribution < 1.29 is 23.6 Å². The number of rotatable bonds is 12. The average Bonchev–Trinajstić information content (AvgIpc) is 3.60. The Labute approximate surface area is 386 Å². The van der Waals surface area contributed by atoms with Gasteiger partial charge in [0.2, 0.25) is 5.88 Å². The molecule has 6 aliphatic carbocycles. The zero-order valence-electron chi connectivity index (χ0n) is 40.7. The van der Waals surface area contributed by atoms with E-state index >= 15 is 0 Å². The van der Waals surface area contributed by atoms with Gasteiger partial charge in [0.05, 0.1) is 7.11 Å². The molecule has 64 heavy (non-hydrogen) atoms. The number of pyridine rings is 1. The standard InChI is InChI=1S/C55H81N3O5S/c1-37(2)34-40-16-24-55(57-28-29-58-30-32-64(9,61)33-31-58)26-25-52(6)44(47(40)55)12-13-46-51(5)20-17-43(50(3,4)45(51)18-21-53(46,52)7)39-14-22-54(23-15-39,49(59)60)36-63-48-42-35-41(62-8)11-10-38(42)19-27-56-48/h10-11,14,17,19,27,35,40,44-47,57,64H,1,12-13,15-16,18,20-26,28-34,36H2,2-9H3,(H,59,60)/t40-,44+,45?,46?,47?,51-,52+,53+,54?,55-/m0/s1. The van der Waals surface area contributed by atoms with Crippen molar-refractivity contribution >= 4 is 26.7 Å². The number of methoxy groups -OCH3 is 1. The number of benzene rings is 1. The molecule has 10 atom stereocenters. The van der Waals surface area contributed by atoms with Crippen LogP contribution in [-0.2, 0) is 14.7 Å². The molecule has 8 nitrogen and oxygen atoms in total. The van der Waals surface area contributed by atoms with Crippen LogP contribution in [-0.4, -0.2) is 88.4 Å². The predicted molar refractivity (Wildman–Crippen MR) is 263 cm³/mol. The van der Waals surface area contributed by atoms with E-state index in [0.717, 1.165) is 73.6 Å². The third kappa shape index (κ3) is 7.56. The Kier molecular flexibility index (Phi) is 12.0. The van der Waals surface area contributed by atoms with Crippen molar-refractivity contribution in [3.05, 3.63) is 65.9 Å². The van der Waals surface area contributed by atoms with Gasteiger partial charge >= 0.3 is 5.97 Å². The van der Waals surface area contributed by atoms with Gasteiger partial charge in [0.15, 0.2) is 0 Å². The second kappa shape index (κ2) is 16.6. The highest BCUT2D eigenvalue weighted by Crippen LogP contribution is 2.76. The van der Waals surface area contributed by atoms with Gasteiger partial charge in [-0.1, -0.05) is 58.4 Å². The van der Waals surface area contributed by atoms with Gasteiger partial charge in [-0.05, 0) is 183 Å². The number of allylic oxidation sites excluding steroid dienone is 5. The fourth-order valence-electron chi connectivity index (χ4n) is 16.6. The van der Waals surface area contributed by atoms with Gasteiger partial charge in [-0.2, -0.15) is 0 Å². The minimum atomic E-state index is -1.92. The maximum absolute atomic E-state index is 13.1. The molecule has 0 bridgehead atoms. The molecular weight excluding hydrogens is 815 g/mol. The maximum atomic E-state index is 13.1. The summed E-state index contributed by atoms with van der Waals surface area (Å²) in [7, 11) is -0.283. The molecule has 9 rings (SSSR count). The monoisotopic (exact) mass is 896 g/mol. The summed E-state index contributed by atoms with van der Waals surface area (Å²) in [4.78, 5) is 20.2. The number of carboxylic acid groups (broad SMARTS) is 1. The number of hydrogen-bond donors (Lipinski definition) is 3. The van der Waals surface area contributed by atoms with Crippen LogP contribution in [0.5, 0.6) is 11.6 Å². The molecule has 0 amide bonds. The molecule has 2 aromatic rings. The summed E-state index contributed by atoms with van der Waals surface area (Å²) in [6.07, 6.45) is 23.0. The topological polar surface area (TPSA) is 101 Å². The number of aromatic nitrogens is 1. The second-order valence-electron chi connectivity index (χ2n) is 23.9. The number of nitrogens with one attached hydrogen (secondary N) is 1. The lowest BCUT2D eigenvalue weighted by Gasteiger charge is -2.72. The number of carboxylic acids is 1. The van der Waals surface area contributed by atoms with Crippen molar-refractivity contribution in [2.75, 3.05) is 57.7 Å². The molecule has 1 aromatic carbocycles. The molecular formula is C55H81N3O5S. The van der Waals surface area contributed by atoms with Gasteiger partial charge in [-0.25, -0.2) is 4.98 Å². The van der Waals surface area contributed by atoms with E-state index in [2.05, 4.69) is 75.5 Å². The Hall–Kier alpha value is -3.01. The van der Waals surface area contributed by atoms with E-state index in [4.69, 9.17) is 9.47 Å². The highest BCUT2D eigenvalue weighted by atomic mass is 32.2. The van der Waals surface area contributed by atoms with Gasteiger partial charge in [0.1, 0.15) is 17.8 Å². The van der Waals surface area contributed by atoms with Crippen LogP contribution in [0, 0.1) is 56.7 Å². The van der Waals surface area contributed by atoms with Crippen LogP contribution < -0.4 is 14.8 Å². The van der Waals surface area contributed by atoms with Crippen LogP contribution >= 0.6 is 0 Å². The Morgan fingerprint density at radius 2 is 1.73 bits per heavy atom. The maximum Gasteiger partial charge on any atom is 0.313 e. The van der Waals surface area contributed by atoms with Gasteiger partial charge in [0.25, 0.3) is 0 Å². The summed E-state index contributed by atoms with van der Waals surface area (Å²) < 4.78 is 24.5. The predicted octanol–water partition coefficient (Wildman–Crippen LogP) is 10.7. The molecule has 2 heterocycles. The van der Waals surface area contributed by atoms with Crippen molar-refractivity contribution in [3.8, 4) is 11.6 Å². The average molecular weight is 896 g/mol. The molecule has 4 unspecified atom stereocenters. The lowest BCUT2D eigenvalue weighted by molar-refractivity contribution is -0.222. The Bertz CT molecular complexity index is 2260. The molecule has 2 N–H and O–H groups in total. The number of thiol groups is 1. The highest BCUT2D eigenvalue weighted by molar-refractivity contribution is 8.02. The minimum Gasteiger partial charge on any atom is -0.497 e. The van der Waals surface area contributed by atoms with Crippen LogP contribution in [0.25, 0.3) is 10.8 Å². The largest absolute Gasteiger partial charge is 0.497 e. The number of ether oxygens (including phenoxy) is 2. The molecule has 1 aliphatic heterocycles. The lowest BCUT2D eigenvalue weighted by Crippen LogP contribution is -2.68. The second-order valence-corrected chi connectivity index (χ2v) is 27.4. The van der Waals surface area contributed by atoms with Gasteiger partial charge in [0, 0.05) is 54.8 Å². The molecule has 7 aliphatic rings. The Morgan fingerprint density at radius 1 is 0.953 bits per heavy atom. The first-order valence-electron chi connectivity index (χ1n) is 25.2. The van der Waals surface area contributed by atoms with Crippen LogP contribution in [0.2, 0.25) is 0 Å². The van der Waals surface area contributed by atoms with Crippen molar-refractivity contribution in [3.63, 3.8) is 0 Å². The van der Waals surface area contributed by atoms with E-state index < -0.39 is 21.3 Å². The lowest BCUT2D eigenvalue weighted by atomic mass is 9.33. The van der Waals surface area contributed by atoms with E-state index in [1.54, 1.807) is 13.3 Å². The van der Waals surface area contributed by atoms with E-state index in [-0.39, 0.29) is 28.4 Å². The van der Waals surface area contributed by atoms with Crippen molar-refractivity contribution in [2.24, 2.45) is 56.7 Å². The summed E-state index contributed by atoms with van der Waals surface area (Å²) >= 11 is 0. The zero-order valence-corrected chi connectivity index (χ0v) is 41.6. The number of carbonyl (C=O) groups is 1. The van der Waals surface area contributed by atoms with Crippen molar-refractivity contribution in [1.82, 2.24) is 15.2 Å². The number of hydrogen-bond acceptors (Lipinski definition) is 7. The first kappa shape index (κ1) is 46.1. The van der Waals surface area contributed by atoms with Crippen LogP contribution in [0.4, 0.5) is 0 Å². The molecule has 0 spiro atoms. The van der Waals surface area contributed by atoms with Crippen LogP contribution in [0.1, 0.15) is 125 Å². The molecule has 1 aromatic heterocycles. The normalized spacial score (nSPS) is 39.5. The Balaban J connectivity index is 0.928. The summed E-state index contributed by atoms with van der Waals surface area (Å²) in [6.45, 7) is 24.1. The molecule has 0 radical (unpaired) electrons. The highest BCUT2D eigenvalue weighted by Gasteiger charge is 2.70. The summed E-state index contributed by atoms with van der Waals surface area (Å²) in [6, 6.07) is 7.75. The van der Waals surface area contributed by atoms with Crippen LogP contribution in [0.3, 0.4) is 0 Å². The number of nitrogens with zero attached hydrogens (tertiary/aromatic N) is 2. The van der Waals surface area contributed by atoms with Gasteiger partial charge in [-0.15, -0.1) is 16.5 Å².